The zero-order valence-electron chi connectivity index (χ0n) is 15.9. The van der Waals surface area contributed by atoms with Crippen LogP contribution in [0.3, 0.4) is 0 Å². The Balaban J connectivity index is 0.00000225. The lowest BCUT2D eigenvalue weighted by atomic mass is 10.1. The number of rotatable bonds is 5. The number of benzene rings is 1. The van der Waals surface area contributed by atoms with Gasteiger partial charge in [-0.2, -0.15) is 10.2 Å². The lowest BCUT2D eigenvalue weighted by Crippen LogP contribution is -2.32. The van der Waals surface area contributed by atoms with E-state index in [1.165, 1.54) is 0 Å². The van der Waals surface area contributed by atoms with Crippen molar-refractivity contribution in [1.29, 1.82) is 0 Å². The molecule has 1 atom stereocenters. The van der Waals surface area contributed by atoms with Crippen molar-refractivity contribution >= 4 is 18.3 Å². The lowest BCUT2D eigenvalue weighted by molar-refractivity contribution is 0.0778. The third-order valence-corrected chi connectivity index (χ3v) is 4.90. The van der Waals surface area contributed by atoms with Crippen LogP contribution in [0, 0.1) is 0 Å². The van der Waals surface area contributed by atoms with Gasteiger partial charge in [0.15, 0.2) is 0 Å². The van der Waals surface area contributed by atoms with E-state index in [-0.39, 0.29) is 18.3 Å². The second-order valence-corrected chi connectivity index (χ2v) is 6.97. The molecule has 8 heteroatoms. The number of hydrogen-bond acceptors (Lipinski definition) is 4. The van der Waals surface area contributed by atoms with E-state index in [9.17, 15) is 4.79 Å². The molecule has 2 aromatic heterocycles. The third-order valence-electron chi connectivity index (χ3n) is 4.90. The van der Waals surface area contributed by atoms with Crippen molar-refractivity contribution in [1.82, 2.24) is 29.8 Å². The summed E-state index contributed by atoms with van der Waals surface area (Å²) < 4.78 is 3.74. The molecule has 4 rings (SSSR count). The van der Waals surface area contributed by atoms with Crippen LogP contribution < -0.4 is 5.32 Å². The first-order valence-electron chi connectivity index (χ1n) is 9.31. The van der Waals surface area contributed by atoms with Gasteiger partial charge in [-0.1, -0.05) is 18.2 Å². The molecular weight excluding hydrogens is 376 g/mol. The minimum Gasteiger partial charge on any atom is -0.336 e. The quantitative estimate of drug-likeness (QED) is 0.715. The van der Waals surface area contributed by atoms with Gasteiger partial charge in [0, 0.05) is 38.1 Å². The Labute approximate surface area is 170 Å². The highest BCUT2D eigenvalue weighted by Crippen LogP contribution is 2.16. The Hall–Kier alpha value is -2.64. The third kappa shape index (κ3) is 4.43. The van der Waals surface area contributed by atoms with Crippen LogP contribution in [0.1, 0.15) is 34.9 Å². The molecule has 0 bridgehead atoms. The van der Waals surface area contributed by atoms with Gasteiger partial charge in [-0.25, -0.2) is 4.68 Å². The smallest absolute Gasteiger partial charge is 0.274 e. The van der Waals surface area contributed by atoms with Crippen molar-refractivity contribution in [2.24, 2.45) is 0 Å². The highest BCUT2D eigenvalue weighted by Gasteiger charge is 2.20. The zero-order chi connectivity index (χ0) is 18.6. The molecule has 1 aliphatic heterocycles. The lowest BCUT2D eigenvalue weighted by Gasteiger charge is -2.23. The van der Waals surface area contributed by atoms with Gasteiger partial charge in [0.05, 0.1) is 17.9 Å². The summed E-state index contributed by atoms with van der Waals surface area (Å²) >= 11 is 0. The van der Waals surface area contributed by atoms with Crippen LogP contribution in [0.2, 0.25) is 0 Å². The first-order valence-corrected chi connectivity index (χ1v) is 9.31. The molecule has 1 aromatic carbocycles. The van der Waals surface area contributed by atoms with Crippen molar-refractivity contribution < 1.29 is 4.79 Å². The van der Waals surface area contributed by atoms with E-state index in [4.69, 9.17) is 0 Å². The summed E-state index contributed by atoms with van der Waals surface area (Å²) in [5.41, 5.74) is 2.46. The van der Waals surface area contributed by atoms with Crippen molar-refractivity contribution in [3.05, 3.63) is 66.2 Å². The maximum absolute atomic E-state index is 12.7. The molecule has 0 radical (unpaired) electrons. The van der Waals surface area contributed by atoms with Crippen LogP contribution in [-0.4, -0.2) is 50.5 Å². The Morgan fingerprint density at radius 3 is 2.86 bits per heavy atom. The van der Waals surface area contributed by atoms with E-state index in [0.717, 1.165) is 37.2 Å². The summed E-state index contributed by atoms with van der Waals surface area (Å²) in [6.45, 7) is 2.45. The number of para-hydroxylation sites is 1. The minimum atomic E-state index is -0.0787. The summed E-state index contributed by atoms with van der Waals surface area (Å²) in [5, 5.41) is 12.3. The number of nitrogens with zero attached hydrogens (tertiary/aromatic N) is 5. The van der Waals surface area contributed by atoms with E-state index >= 15 is 0 Å². The standard InChI is InChI=1S/C20H24N6O.ClH/c1-24(14-16-12-22-26(15-16)17-6-3-2-4-7-17)20(27)19-9-11-25(23-19)18-8-5-10-21-13-18;/h2-4,6-7,9,11-12,15,18,21H,5,8,10,13-14H2,1H3;1H. The van der Waals surface area contributed by atoms with E-state index < -0.39 is 0 Å². The van der Waals surface area contributed by atoms with E-state index in [0.29, 0.717) is 18.3 Å². The number of amides is 1. The highest BCUT2D eigenvalue weighted by atomic mass is 35.5. The second-order valence-electron chi connectivity index (χ2n) is 6.97. The molecule has 0 saturated carbocycles. The largest absolute Gasteiger partial charge is 0.336 e. The number of aromatic nitrogens is 4. The molecule has 0 aliphatic carbocycles. The van der Waals surface area contributed by atoms with E-state index in [2.05, 4.69) is 15.5 Å². The first-order chi connectivity index (χ1) is 13.2. The average molecular weight is 401 g/mol. The monoisotopic (exact) mass is 400 g/mol. The summed E-state index contributed by atoms with van der Waals surface area (Å²) in [6.07, 6.45) is 7.89. The minimum absolute atomic E-state index is 0. The van der Waals surface area contributed by atoms with E-state index in [1.807, 2.05) is 52.1 Å². The number of piperidine rings is 1. The molecule has 7 nitrogen and oxygen atoms in total. The van der Waals surface area contributed by atoms with Gasteiger partial charge in [0.1, 0.15) is 5.69 Å². The molecule has 1 amide bonds. The highest BCUT2D eigenvalue weighted by molar-refractivity contribution is 5.91. The van der Waals surface area contributed by atoms with Crippen molar-refractivity contribution in [3.8, 4) is 5.69 Å². The fraction of sp³-hybridized carbons (Fsp3) is 0.350. The molecule has 3 aromatic rings. The summed E-state index contributed by atoms with van der Waals surface area (Å²) in [7, 11) is 1.80. The number of halogens is 1. The zero-order valence-corrected chi connectivity index (χ0v) is 16.7. The number of carbonyl (C=O) groups is 1. The van der Waals surface area contributed by atoms with Crippen LogP contribution in [-0.2, 0) is 6.54 Å². The number of nitrogens with one attached hydrogen (secondary N) is 1. The van der Waals surface area contributed by atoms with Crippen LogP contribution in [0.15, 0.2) is 55.0 Å². The van der Waals surface area contributed by atoms with Gasteiger partial charge in [-0.05, 0) is 37.6 Å². The Morgan fingerprint density at radius 1 is 1.29 bits per heavy atom. The summed E-state index contributed by atoms with van der Waals surface area (Å²) in [6, 6.07) is 12.1. The Kier molecular flexibility index (Phi) is 6.49. The predicted octanol–water partition coefficient (Wildman–Crippen LogP) is 2.69. The molecule has 1 fully saturated rings. The Morgan fingerprint density at radius 2 is 2.11 bits per heavy atom. The second kappa shape index (κ2) is 9.03. The summed E-state index contributed by atoms with van der Waals surface area (Å²) in [4.78, 5) is 14.4. The normalized spacial score (nSPS) is 16.4. The van der Waals surface area contributed by atoms with Crippen LogP contribution in [0.25, 0.3) is 5.69 Å². The average Bonchev–Trinajstić information content (AvgIpc) is 3.39. The molecule has 28 heavy (non-hydrogen) atoms. The predicted molar refractivity (Wildman–Crippen MR) is 110 cm³/mol. The Bertz CT molecular complexity index is 900. The fourth-order valence-corrected chi connectivity index (χ4v) is 3.42. The molecule has 1 aliphatic rings. The fourth-order valence-electron chi connectivity index (χ4n) is 3.42. The van der Waals surface area contributed by atoms with Crippen molar-refractivity contribution in [2.75, 3.05) is 20.1 Å². The molecule has 1 unspecified atom stereocenters. The SMILES string of the molecule is CN(Cc1cnn(-c2ccccc2)c1)C(=O)c1ccn(C2CCCNC2)n1.Cl. The van der Waals surface area contributed by atoms with Gasteiger partial charge in [0.2, 0.25) is 0 Å². The molecule has 148 valence electrons. The molecule has 0 spiro atoms. The van der Waals surface area contributed by atoms with Gasteiger partial charge in [0.25, 0.3) is 5.91 Å². The van der Waals surface area contributed by atoms with Crippen molar-refractivity contribution in [2.45, 2.75) is 25.4 Å². The van der Waals surface area contributed by atoms with E-state index in [1.54, 1.807) is 24.2 Å². The van der Waals surface area contributed by atoms with Gasteiger partial charge in [-0.15, -0.1) is 12.4 Å². The van der Waals surface area contributed by atoms with Crippen LogP contribution in [0.4, 0.5) is 0 Å². The van der Waals surface area contributed by atoms with Gasteiger partial charge >= 0.3 is 0 Å². The van der Waals surface area contributed by atoms with Gasteiger partial charge < -0.3 is 10.2 Å². The molecular formula is C20H25ClN6O. The first kappa shape index (κ1) is 20.1. The molecule has 3 heterocycles. The number of carbonyl (C=O) groups excluding carboxylic acids is 1. The van der Waals surface area contributed by atoms with Crippen molar-refractivity contribution in [3.63, 3.8) is 0 Å². The molecule has 1 saturated heterocycles. The summed E-state index contributed by atoms with van der Waals surface area (Å²) in [5.74, 6) is -0.0787. The maximum atomic E-state index is 12.7. The van der Waals surface area contributed by atoms with Gasteiger partial charge in [-0.3, -0.25) is 9.48 Å². The molecule has 1 N–H and O–H groups in total. The van der Waals surface area contributed by atoms with Crippen LogP contribution in [0.5, 0.6) is 0 Å². The maximum Gasteiger partial charge on any atom is 0.274 e. The number of hydrogen-bond donors (Lipinski definition) is 1. The van der Waals surface area contributed by atoms with Crippen LogP contribution >= 0.6 is 12.4 Å². The topological polar surface area (TPSA) is 68.0 Å².